The number of fused-ring (bicyclic) bond motifs is 1. The third kappa shape index (κ3) is 2.94. The van der Waals surface area contributed by atoms with Crippen molar-refractivity contribution < 1.29 is 14.3 Å². The Morgan fingerprint density at radius 1 is 1.42 bits per heavy atom. The van der Waals surface area contributed by atoms with E-state index in [0.29, 0.717) is 36.1 Å². The van der Waals surface area contributed by atoms with Crippen LogP contribution in [0.5, 0.6) is 0 Å². The molecule has 0 spiro atoms. The lowest BCUT2D eigenvalue weighted by Gasteiger charge is -2.36. The minimum absolute atomic E-state index is 0. The second kappa shape index (κ2) is 6.58. The number of nitrogens with one attached hydrogen (secondary N) is 1. The van der Waals surface area contributed by atoms with Crippen molar-refractivity contribution in [2.45, 2.75) is 32.4 Å². The third-order valence-corrected chi connectivity index (χ3v) is 4.55. The fourth-order valence-corrected chi connectivity index (χ4v) is 3.40. The van der Waals surface area contributed by atoms with E-state index in [2.05, 4.69) is 4.98 Å². The summed E-state index contributed by atoms with van der Waals surface area (Å²) in [6.07, 6.45) is -0.115. The lowest BCUT2D eigenvalue weighted by atomic mass is 9.99. The topological polar surface area (TPSA) is 108 Å². The lowest BCUT2D eigenvalue weighted by Crippen LogP contribution is -2.49. The quantitative estimate of drug-likeness (QED) is 0.651. The Bertz CT molecular complexity index is 782. The van der Waals surface area contributed by atoms with E-state index in [4.69, 9.17) is 11.5 Å². The number of anilines is 1. The van der Waals surface area contributed by atoms with Crippen molar-refractivity contribution in [2.24, 2.45) is 11.5 Å². The van der Waals surface area contributed by atoms with Crippen molar-refractivity contribution in [3.8, 4) is 0 Å². The predicted octanol–water partition coefficient (Wildman–Crippen LogP) is 1.34. The average Bonchev–Trinajstić information content (AvgIpc) is 2.73. The Kier molecular flexibility index (Phi) is 5.08. The molecule has 1 aliphatic heterocycles. The van der Waals surface area contributed by atoms with E-state index < -0.39 is 17.8 Å². The van der Waals surface area contributed by atoms with Gasteiger partial charge in [-0.1, -0.05) is 0 Å². The number of halogens is 2. The SMILES string of the molecule is Cc1[nH]c2c(C(N)=O)cc(F)c(N3C[C@@H](N)C[C@H](O)C3)c2c1C.Cl. The van der Waals surface area contributed by atoms with Crippen LogP contribution >= 0.6 is 12.4 Å². The average molecular weight is 357 g/mol. The predicted molar refractivity (Wildman–Crippen MR) is 94.3 cm³/mol. The number of aryl methyl sites for hydroxylation is 2. The van der Waals surface area contributed by atoms with E-state index in [9.17, 15) is 14.3 Å². The molecule has 0 unspecified atom stereocenters. The zero-order valence-electron chi connectivity index (χ0n) is 13.6. The van der Waals surface area contributed by atoms with Gasteiger partial charge in [-0.25, -0.2) is 4.39 Å². The highest BCUT2D eigenvalue weighted by Gasteiger charge is 2.29. The Hall–Kier alpha value is -1.83. The van der Waals surface area contributed by atoms with Crippen LogP contribution in [0.4, 0.5) is 10.1 Å². The van der Waals surface area contributed by atoms with Gasteiger partial charge in [-0.05, 0) is 31.9 Å². The molecule has 2 aromatic rings. The maximum absolute atomic E-state index is 14.8. The van der Waals surface area contributed by atoms with Gasteiger partial charge in [0.1, 0.15) is 5.82 Å². The molecule has 0 bridgehead atoms. The van der Waals surface area contributed by atoms with Crippen LogP contribution in [0.2, 0.25) is 0 Å². The minimum Gasteiger partial charge on any atom is -0.391 e. The van der Waals surface area contributed by atoms with E-state index >= 15 is 0 Å². The van der Waals surface area contributed by atoms with E-state index in [1.165, 1.54) is 0 Å². The standard InChI is InChI=1S/C16H21FN4O2.ClH/c1-7-8(2)20-14-11(16(19)23)4-12(17)15(13(7)14)21-5-9(18)3-10(22)6-21;/h4,9-10,20,22H,3,5-6,18H2,1-2H3,(H2,19,23);1H/t9-,10-;/m0./s1. The largest absolute Gasteiger partial charge is 0.391 e. The number of carbonyl (C=O) groups is 1. The molecular formula is C16H22ClFN4O2. The second-order valence-electron chi connectivity index (χ2n) is 6.30. The van der Waals surface area contributed by atoms with Crippen LogP contribution in [0.25, 0.3) is 10.9 Å². The number of aliphatic hydroxyl groups is 1. The van der Waals surface area contributed by atoms with Crippen LogP contribution in [-0.2, 0) is 0 Å². The summed E-state index contributed by atoms with van der Waals surface area (Å²) >= 11 is 0. The van der Waals surface area contributed by atoms with Crippen LogP contribution in [-0.4, -0.2) is 41.2 Å². The second-order valence-corrected chi connectivity index (χ2v) is 6.30. The molecule has 1 aromatic heterocycles. The molecule has 2 heterocycles. The van der Waals surface area contributed by atoms with E-state index in [1.54, 1.807) is 4.90 Å². The number of primary amides is 1. The zero-order valence-corrected chi connectivity index (χ0v) is 14.4. The number of aromatic nitrogens is 1. The number of carbonyl (C=O) groups excluding carboxylic acids is 1. The van der Waals surface area contributed by atoms with E-state index in [0.717, 1.165) is 17.3 Å². The van der Waals surface area contributed by atoms with Crippen molar-refractivity contribution in [1.82, 2.24) is 4.98 Å². The fourth-order valence-electron chi connectivity index (χ4n) is 3.40. The van der Waals surface area contributed by atoms with Gasteiger partial charge in [0, 0.05) is 30.2 Å². The summed E-state index contributed by atoms with van der Waals surface area (Å²) in [7, 11) is 0. The first-order chi connectivity index (χ1) is 10.8. The minimum atomic E-state index is -0.683. The summed E-state index contributed by atoms with van der Waals surface area (Å²) in [6.45, 7) is 4.47. The molecule has 132 valence electrons. The zero-order chi connectivity index (χ0) is 16.9. The smallest absolute Gasteiger partial charge is 0.250 e. The summed E-state index contributed by atoms with van der Waals surface area (Å²) in [4.78, 5) is 16.5. The number of hydrogen-bond donors (Lipinski definition) is 4. The monoisotopic (exact) mass is 356 g/mol. The van der Waals surface area contributed by atoms with Crippen LogP contribution in [0.1, 0.15) is 28.0 Å². The number of hydrogen-bond acceptors (Lipinski definition) is 4. The van der Waals surface area contributed by atoms with Crippen molar-refractivity contribution in [3.63, 3.8) is 0 Å². The number of amides is 1. The lowest BCUT2D eigenvalue weighted by molar-refractivity contribution is 0.100. The Labute approximate surface area is 145 Å². The first-order valence-corrected chi connectivity index (χ1v) is 7.59. The van der Waals surface area contributed by atoms with E-state index in [-0.39, 0.29) is 24.0 Å². The van der Waals surface area contributed by atoms with Crippen LogP contribution in [0.3, 0.4) is 0 Å². The maximum Gasteiger partial charge on any atom is 0.250 e. The number of aliphatic hydroxyl groups excluding tert-OH is 1. The van der Waals surface area contributed by atoms with Gasteiger partial charge in [0.2, 0.25) is 0 Å². The first kappa shape index (κ1) is 18.5. The number of nitrogens with zero attached hydrogens (tertiary/aromatic N) is 1. The molecule has 2 atom stereocenters. The van der Waals surface area contributed by atoms with Crippen molar-refractivity contribution >= 4 is 34.9 Å². The number of rotatable bonds is 2. The molecule has 24 heavy (non-hydrogen) atoms. The van der Waals surface area contributed by atoms with E-state index in [1.807, 2.05) is 13.8 Å². The van der Waals surface area contributed by atoms with Crippen molar-refractivity contribution in [1.29, 1.82) is 0 Å². The number of piperidine rings is 1. The third-order valence-electron chi connectivity index (χ3n) is 4.55. The highest BCUT2D eigenvalue weighted by atomic mass is 35.5. The molecule has 1 fully saturated rings. The number of nitrogens with two attached hydrogens (primary N) is 2. The highest BCUT2D eigenvalue weighted by Crippen LogP contribution is 2.37. The number of aromatic amines is 1. The number of benzene rings is 1. The van der Waals surface area contributed by atoms with Crippen LogP contribution in [0.15, 0.2) is 6.07 Å². The van der Waals surface area contributed by atoms with Gasteiger partial charge in [-0.2, -0.15) is 0 Å². The number of β-amino-alcohol motifs (C(OH)–C–C–N with tert-alkyl or cyclic N) is 1. The summed E-state index contributed by atoms with van der Waals surface area (Å²) < 4.78 is 14.8. The summed E-state index contributed by atoms with van der Waals surface area (Å²) in [6, 6.07) is 0.923. The van der Waals surface area contributed by atoms with Gasteiger partial charge in [0.15, 0.2) is 0 Å². The Morgan fingerprint density at radius 2 is 2.08 bits per heavy atom. The molecule has 3 rings (SSSR count). The molecule has 0 aliphatic carbocycles. The first-order valence-electron chi connectivity index (χ1n) is 7.59. The Balaban J connectivity index is 0.00000208. The number of H-pyrrole nitrogens is 1. The molecule has 6 nitrogen and oxygen atoms in total. The van der Waals surface area contributed by atoms with Gasteiger partial charge in [-0.15, -0.1) is 12.4 Å². The van der Waals surface area contributed by atoms with Gasteiger partial charge in [-0.3, -0.25) is 4.79 Å². The molecule has 8 heteroatoms. The summed E-state index contributed by atoms with van der Waals surface area (Å²) in [5.41, 5.74) is 14.1. The molecule has 1 aromatic carbocycles. The molecule has 0 saturated carbocycles. The summed E-state index contributed by atoms with van der Waals surface area (Å²) in [5.74, 6) is -1.22. The van der Waals surface area contributed by atoms with Crippen LogP contribution < -0.4 is 16.4 Å². The molecular weight excluding hydrogens is 335 g/mol. The van der Waals surface area contributed by atoms with Crippen molar-refractivity contribution in [3.05, 3.63) is 28.7 Å². The van der Waals surface area contributed by atoms with Crippen molar-refractivity contribution in [2.75, 3.05) is 18.0 Å². The summed E-state index contributed by atoms with van der Waals surface area (Å²) in [5, 5.41) is 10.6. The molecule has 1 saturated heterocycles. The van der Waals surface area contributed by atoms with Gasteiger partial charge < -0.3 is 26.5 Å². The van der Waals surface area contributed by atoms with Gasteiger partial charge in [0.05, 0.1) is 22.9 Å². The molecule has 0 radical (unpaired) electrons. The highest BCUT2D eigenvalue weighted by molar-refractivity contribution is 6.10. The maximum atomic E-state index is 14.8. The molecule has 6 N–H and O–H groups in total. The fraction of sp³-hybridized carbons (Fsp3) is 0.438. The van der Waals surface area contributed by atoms with Crippen LogP contribution in [0, 0.1) is 19.7 Å². The Morgan fingerprint density at radius 3 is 2.67 bits per heavy atom. The van der Waals surface area contributed by atoms with Gasteiger partial charge in [0.25, 0.3) is 5.91 Å². The molecule has 1 aliphatic rings. The normalized spacial score (nSPS) is 21.0. The molecule has 1 amide bonds. The van der Waals surface area contributed by atoms with Gasteiger partial charge >= 0.3 is 0 Å².